The average molecular weight is 290 g/mol. The SMILES string of the molecule is CCOC(=O)C(C)(C)N1C(=O)C(C)(C)Nc2ccccc21. The number of hydrogen-bond donors (Lipinski definition) is 1. The van der Waals surface area contributed by atoms with E-state index in [-0.39, 0.29) is 12.5 Å². The van der Waals surface area contributed by atoms with Crippen molar-refractivity contribution in [2.75, 3.05) is 16.8 Å². The highest BCUT2D eigenvalue weighted by molar-refractivity contribution is 6.11. The fraction of sp³-hybridized carbons (Fsp3) is 0.500. The molecule has 114 valence electrons. The topological polar surface area (TPSA) is 58.6 Å². The first-order valence-corrected chi connectivity index (χ1v) is 7.11. The number of amides is 1. The average Bonchev–Trinajstić information content (AvgIpc) is 2.39. The molecule has 0 bridgehead atoms. The van der Waals surface area contributed by atoms with Gasteiger partial charge in [0.2, 0.25) is 0 Å². The Kier molecular flexibility index (Phi) is 3.70. The molecule has 0 spiro atoms. The Morgan fingerprint density at radius 3 is 2.57 bits per heavy atom. The van der Waals surface area contributed by atoms with Gasteiger partial charge in [-0.25, -0.2) is 4.79 Å². The fourth-order valence-corrected chi connectivity index (χ4v) is 2.51. The second-order valence-corrected chi connectivity index (χ2v) is 6.19. The number of benzene rings is 1. The minimum atomic E-state index is -1.07. The van der Waals surface area contributed by atoms with Crippen molar-refractivity contribution >= 4 is 23.3 Å². The number of rotatable bonds is 3. The summed E-state index contributed by atoms with van der Waals surface area (Å²) in [5, 5.41) is 3.22. The standard InChI is InChI=1S/C16H22N2O3/c1-6-21-14(20)16(4,5)18-12-10-8-7-9-11(12)17-15(2,3)13(18)19/h7-10,17H,6H2,1-5H3. The molecule has 1 aliphatic rings. The van der Waals surface area contributed by atoms with Gasteiger partial charge in [-0.1, -0.05) is 12.1 Å². The van der Waals surface area contributed by atoms with E-state index in [2.05, 4.69) is 5.32 Å². The lowest BCUT2D eigenvalue weighted by molar-refractivity contribution is -0.150. The van der Waals surface area contributed by atoms with Crippen molar-refractivity contribution in [3.05, 3.63) is 24.3 Å². The molecule has 0 atom stereocenters. The zero-order valence-corrected chi connectivity index (χ0v) is 13.2. The Bertz CT molecular complexity index is 579. The van der Waals surface area contributed by atoms with Gasteiger partial charge in [0, 0.05) is 0 Å². The molecule has 2 rings (SSSR count). The van der Waals surface area contributed by atoms with Gasteiger partial charge in [0.05, 0.1) is 18.0 Å². The number of ether oxygens (including phenoxy) is 1. The van der Waals surface area contributed by atoms with Crippen molar-refractivity contribution in [3.8, 4) is 0 Å². The van der Waals surface area contributed by atoms with E-state index in [1.165, 1.54) is 4.90 Å². The second kappa shape index (κ2) is 5.06. The summed E-state index contributed by atoms with van der Waals surface area (Å²) in [6, 6.07) is 7.47. The Balaban J connectivity index is 2.55. The molecule has 5 nitrogen and oxygen atoms in total. The first-order valence-electron chi connectivity index (χ1n) is 7.11. The molecule has 1 aromatic rings. The molecule has 0 saturated heterocycles. The van der Waals surface area contributed by atoms with E-state index in [1.807, 2.05) is 24.3 Å². The molecular formula is C16H22N2O3. The highest BCUT2D eigenvalue weighted by Crippen LogP contribution is 2.39. The number of para-hydroxylation sites is 2. The molecular weight excluding hydrogens is 268 g/mol. The number of fused-ring (bicyclic) bond motifs is 1. The smallest absolute Gasteiger partial charge is 0.331 e. The molecule has 1 amide bonds. The molecule has 1 heterocycles. The van der Waals surface area contributed by atoms with Crippen molar-refractivity contribution in [2.24, 2.45) is 0 Å². The minimum absolute atomic E-state index is 0.153. The van der Waals surface area contributed by atoms with Gasteiger partial charge >= 0.3 is 5.97 Å². The number of esters is 1. The molecule has 0 unspecified atom stereocenters. The van der Waals surface area contributed by atoms with Crippen LogP contribution in [0, 0.1) is 0 Å². The maximum absolute atomic E-state index is 12.8. The van der Waals surface area contributed by atoms with Crippen molar-refractivity contribution < 1.29 is 14.3 Å². The van der Waals surface area contributed by atoms with Crippen molar-refractivity contribution in [1.82, 2.24) is 0 Å². The van der Waals surface area contributed by atoms with Gasteiger partial charge in [0.1, 0.15) is 11.1 Å². The molecule has 5 heteroatoms. The molecule has 0 saturated carbocycles. The van der Waals surface area contributed by atoms with Gasteiger partial charge in [0.25, 0.3) is 5.91 Å². The lowest BCUT2D eigenvalue weighted by Gasteiger charge is -2.46. The first kappa shape index (κ1) is 15.4. The number of nitrogens with zero attached hydrogens (tertiary/aromatic N) is 1. The zero-order valence-electron chi connectivity index (χ0n) is 13.2. The van der Waals surface area contributed by atoms with Crippen LogP contribution in [0.2, 0.25) is 0 Å². The first-order chi connectivity index (χ1) is 9.71. The van der Waals surface area contributed by atoms with Gasteiger partial charge in [0.15, 0.2) is 0 Å². The Morgan fingerprint density at radius 1 is 1.33 bits per heavy atom. The van der Waals surface area contributed by atoms with Crippen LogP contribution in [-0.4, -0.2) is 29.6 Å². The number of anilines is 2. The summed E-state index contributed by atoms with van der Waals surface area (Å²) < 4.78 is 5.14. The molecule has 0 radical (unpaired) electrons. The Hall–Kier alpha value is -2.04. The molecule has 0 aliphatic carbocycles. The summed E-state index contributed by atoms with van der Waals surface area (Å²) in [5.74, 6) is -0.565. The van der Waals surface area contributed by atoms with Crippen LogP contribution in [0.25, 0.3) is 0 Å². The number of nitrogens with one attached hydrogen (secondary N) is 1. The van der Waals surface area contributed by atoms with E-state index >= 15 is 0 Å². The van der Waals surface area contributed by atoms with Crippen LogP contribution in [0.4, 0.5) is 11.4 Å². The van der Waals surface area contributed by atoms with Gasteiger partial charge in [-0.05, 0) is 46.8 Å². The van der Waals surface area contributed by atoms with E-state index in [0.717, 1.165) is 5.69 Å². The fourth-order valence-electron chi connectivity index (χ4n) is 2.51. The van der Waals surface area contributed by atoms with Crippen LogP contribution in [0.15, 0.2) is 24.3 Å². The molecule has 1 N–H and O–H groups in total. The molecule has 21 heavy (non-hydrogen) atoms. The Labute approximate surface area is 125 Å². The van der Waals surface area contributed by atoms with E-state index < -0.39 is 17.0 Å². The van der Waals surface area contributed by atoms with E-state index in [4.69, 9.17) is 4.74 Å². The summed E-state index contributed by atoms with van der Waals surface area (Å²) in [4.78, 5) is 26.7. The van der Waals surface area contributed by atoms with Crippen LogP contribution in [0.1, 0.15) is 34.6 Å². The van der Waals surface area contributed by atoms with Gasteiger partial charge in [-0.15, -0.1) is 0 Å². The summed E-state index contributed by atoms with van der Waals surface area (Å²) in [6.07, 6.45) is 0. The lowest BCUT2D eigenvalue weighted by atomic mass is 9.92. The summed E-state index contributed by atoms with van der Waals surface area (Å²) >= 11 is 0. The largest absolute Gasteiger partial charge is 0.464 e. The molecule has 1 aromatic carbocycles. The van der Waals surface area contributed by atoms with E-state index in [0.29, 0.717) is 5.69 Å². The number of carbonyl (C=O) groups is 2. The predicted octanol–water partition coefficient (Wildman–Crippen LogP) is 2.57. The monoisotopic (exact) mass is 290 g/mol. The van der Waals surface area contributed by atoms with Crippen molar-refractivity contribution in [1.29, 1.82) is 0 Å². The summed E-state index contributed by atoms with van der Waals surface area (Å²) in [6.45, 7) is 9.07. The zero-order chi connectivity index (χ0) is 15.8. The lowest BCUT2D eigenvalue weighted by Crippen LogP contribution is -2.63. The van der Waals surface area contributed by atoms with Crippen LogP contribution in [0.5, 0.6) is 0 Å². The second-order valence-electron chi connectivity index (χ2n) is 6.19. The van der Waals surface area contributed by atoms with Crippen LogP contribution >= 0.6 is 0 Å². The summed E-state index contributed by atoms with van der Waals surface area (Å²) in [5.41, 5.74) is -0.319. The van der Waals surface area contributed by atoms with Crippen LogP contribution < -0.4 is 10.2 Å². The third-order valence-electron chi connectivity index (χ3n) is 3.66. The maximum Gasteiger partial charge on any atom is 0.331 e. The third-order valence-corrected chi connectivity index (χ3v) is 3.66. The number of hydrogen-bond acceptors (Lipinski definition) is 4. The number of carbonyl (C=O) groups excluding carboxylic acids is 2. The van der Waals surface area contributed by atoms with E-state index in [9.17, 15) is 9.59 Å². The Morgan fingerprint density at radius 2 is 1.95 bits per heavy atom. The quantitative estimate of drug-likeness (QED) is 0.869. The van der Waals surface area contributed by atoms with Crippen molar-refractivity contribution in [2.45, 2.75) is 45.7 Å². The van der Waals surface area contributed by atoms with Crippen LogP contribution in [-0.2, 0) is 14.3 Å². The maximum atomic E-state index is 12.8. The van der Waals surface area contributed by atoms with Gasteiger partial charge in [-0.3, -0.25) is 9.69 Å². The molecule has 1 aliphatic heterocycles. The van der Waals surface area contributed by atoms with Gasteiger partial charge < -0.3 is 10.1 Å². The summed E-state index contributed by atoms with van der Waals surface area (Å²) in [7, 11) is 0. The van der Waals surface area contributed by atoms with Gasteiger partial charge in [-0.2, -0.15) is 0 Å². The highest BCUT2D eigenvalue weighted by atomic mass is 16.5. The predicted molar refractivity (Wildman–Crippen MR) is 82.3 cm³/mol. The van der Waals surface area contributed by atoms with E-state index in [1.54, 1.807) is 34.6 Å². The normalized spacial score (nSPS) is 17.0. The highest BCUT2D eigenvalue weighted by Gasteiger charge is 2.48. The molecule has 0 fully saturated rings. The third kappa shape index (κ3) is 2.48. The molecule has 0 aromatic heterocycles. The minimum Gasteiger partial charge on any atom is -0.464 e. The van der Waals surface area contributed by atoms with Crippen molar-refractivity contribution in [3.63, 3.8) is 0 Å². The van der Waals surface area contributed by atoms with Crippen LogP contribution in [0.3, 0.4) is 0 Å².